The minimum absolute atomic E-state index is 0.0556. The molecule has 0 aliphatic heterocycles. The number of sulfonamides is 1. The molecular weight excluding hydrogens is 428 g/mol. The third kappa shape index (κ3) is 6.24. The number of carbonyl (C=O) groups is 2. The van der Waals surface area contributed by atoms with E-state index in [1.54, 1.807) is 6.92 Å². The van der Waals surface area contributed by atoms with Crippen LogP contribution in [0.15, 0.2) is 48.5 Å². The van der Waals surface area contributed by atoms with E-state index in [4.69, 9.17) is 0 Å². The molecule has 31 heavy (non-hydrogen) atoms. The molecule has 0 aromatic heterocycles. The van der Waals surface area contributed by atoms with E-state index in [-0.39, 0.29) is 18.7 Å². The Balaban J connectivity index is 2.43. The number of rotatable bonds is 9. The molecule has 2 aromatic carbocycles. The van der Waals surface area contributed by atoms with Crippen LogP contribution >= 0.6 is 0 Å². The summed E-state index contributed by atoms with van der Waals surface area (Å²) < 4.78 is 52.9. The maximum absolute atomic E-state index is 14.3. The van der Waals surface area contributed by atoms with Gasteiger partial charge in [-0.1, -0.05) is 31.2 Å². The second kappa shape index (κ2) is 10.3. The number of likely N-dealkylation sites (N-methyl/N-ethyl adjacent to an activating group) is 1. The van der Waals surface area contributed by atoms with E-state index in [0.29, 0.717) is 9.87 Å². The summed E-state index contributed by atoms with van der Waals surface area (Å²) in [5, 5.41) is 2.49. The molecule has 7 nitrogen and oxygen atoms in total. The third-order valence-corrected chi connectivity index (χ3v) is 5.83. The van der Waals surface area contributed by atoms with Crippen LogP contribution in [-0.4, -0.2) is 51.0 Å². The van der Waals surface area contributed by atoms with E-state index < -0.39 is 46.1 Å². The average molecular weight is 454 g/mol. The van der Waals surface area contributed by atoms with Gasteiger partial charge in [-0.2, -0.15) is 0 Å². The topological polar surface area (TPSA) is 86.8 Å². The predicted molar refractivity (Wildman–Crippen MR) is 114 cm³/mol. The van der Waals surface area contributed by atoms with Gasteiger partial charge in [-0.15, -0.1) is 0 Å². The lowest BCUT2D eigenvalue weighted by atomic mass is 10.1. The van der Waals surface area contributed by atoms with Crippen molar-refractivity contribution >= 4 is 27.5 Å². The quantitative estimate of drug-likeness (QED) is 0.631. The Bertz CT molecular complexity index is 1030. The van der Waals surface area contributed by atoms with Crippen molar-refractivity contribution in [2.75, 3.05) is 24.2 Å². The van der Waals surface area contributed by atoms with E-state index in [1.807, 2.05) is 0 Å². The summed E-state index contributed by atoms with van der Waals surface area (Å²) in [6, 6.07) is 9.69. The number of amides is 2. The Morgan fingerprint density at radius 2 is 1.68 bits per heavy atom. The maximum Gasteiger partial charge on any atom is 0.244 e. The van der Waals surface area contributed by atoms with E-state index in [2.05, 4.69) is 5.32 Å². The predicted octanol–water partition coefficient (Wildman–Crippen LogP) is 2.28. The summed E-state index contributed by atoms with van der Waals surface area (Å²) >= 11 is 0. The molecule has 0 fully saturated rings. The first kappa shape index (κ1) is 24.3. The van der Waals surface area contributed by atoms with Gasteiger partial charge in [-0.3, -0.25) is 13.9 Å². The smallest absolute Gasteiger partial charge is 0.244 e. The summed E-state index contributed by atoms with van der Waals surface area (Å²) in [5.41, 5.74) is 0.280. The van der Waals surface area contributed by atoms with Gasteiger partial charge in [0.05, 0.1) is 11.9 Å². The van der Waals surface area contributed by atoms with Crippen LogP contribution in [0.4, 0.5) is 14.5 Å². The normalized spacial score (nSPS) is 12.2. The van der Waals surface area contributed by atoms with Gasteiger partial charge in [-0.25, -0.2) is 17.2 Å². The number of hydrogen-bond donors (Lipinski definition) is 1. The van der Waals surface area contributed by atoms with Crippen LogP contribution in [0.25, 0.3) is 0 Å². The van der Waals surface area contributed by atoms with Crippen molar-refractivity contribution in [2.24, 2.45) is 0 Å². The van der Waals surface area contributed by atoms with E-state index in [9.17, 15) is 26.8 Å². The molecule has 10 heteroatoms. The lowest BCUT2D eigenvalue weighted by molar-refractivity contribution is -0.140. The molecule has 0 aliphatic rings. The number of hydrogen-bond acceptors (Lipinski definition) is 4. The number of benzene rings is 2. The fourth-order valence-electron chi connectivity index (χ4n) is 3.12. The van der Waals surface area contributed by atoms with E-state index in [1.165, 1.54) is 54.4 Å². The Morgan fingerprint density at radius 1 is 1.06 bits per heavy atom. The molecule has 0 heterocycles. The first-order chi connectivity index (χ1) is 14.6. The molecule has 0 radical (unpaired) electrons. The highest BCUT2D eigenvalue weighted by molar-refractivity contribution is 7.92. The molecule has 0 bridgehead atoms. The van der Waals surface area contributed by atoms with Gasteiger partial charge in [0.2, 0.25) is 21.8 Å². The van der Waals surface area contributed by atoms with Crippen molar-refractivity contribution in [1.29, 1.82) is 0 Å². The average Bonchev–Trinajstić information content (AvgIpc) is 2.72. The summed E-state index contributed by atoms with van der Waals surface area (Å²) in [7, 11) is -2.59. The van der Waals surface area contributed by atoms with Crippen LogP contribution in [0, 0.1) is 11.6 Å². The maximum atomic E-state index is 14.3. The molecular formula is C21H25F2N3O4S. The van der Waals surface area contributed by atoms with Gasteiger partial charge in [0.15, 0.2) is 0 Å². The van der Waals surface area contributed by atoms with Crippen molar-refractivity contribution < 1.29 is 26.8 Å². The van der Waals surface area contributed by atoms with Crippen LogP contribution in [0.2, 0.25) is 0 Å². The van der Waals surface area contributed by atoms with Crippen LogP contribution < -0.4 is 9.62 Å². The van der Waals surface area contributed by atoms with Crippen molar-refractivity contribution in [2.45, 2.75) is 25.9 Å². The zero-order valence-corrected chi connectivity index (χ0v) is 18.3. The molecule has 0 saturated carbocycles. The molecule has 0 saturated heterocycles. The summed E-state index contributed by atoms with van der Waals surface area (Å²) in [4.78, 5) is 26.8. The third-order valence-electron chi connectivity index (χ3n) is 4.70. The van der Waals surface area contributed by atoms with Crippen LogP contribution in [-0.2, 0) is 26.2 Å². The van der Waals surface area contributed by atoms with Gasteiger partial charge in [0, 0.05) is 13.6 Å². The fourth-order valence-corrected chi connectivity index (χ4v) is 3.97. The highest BCUT2D eigenvalue weighted by Crippen LogP contribution is 2.22. The number of anilines is 1. The van der Waals surface area contributed by atoms with Crippen LogP contribution in [0.1, 0.15) is 18.9 Å². The van der Waals surface area contributed by atoms with Crippen molar-refractivity contribution in [3.8, 4) is 0 Å². The summed E-state index contributed by atoms with van der Waals surface area (Å²) in [6.45, 7) is 0.949. The SMILES string of the molecule is CC[C@@H](C(=O)NC)N(Cc1ccc(F)cc1)C(=O)CN(c1ccccc1F)S(C)(=O)=O. The van der Waals surface area contributed by atoms with Gasteiger partial charge in [0.1, 0.15) is 24.2 Å². The van der Waals surface area contributed by atoms with Gasteiger partial charge in [0.25, 0.3) is 0 Å². The first-order valence-electron chi connectivity index (χ1n) is 9.56. The summed E-state index contributed by atoms with van der Waals surface area (Å²) in [5.74, 6) is -2.39. The highest BCUT2D eigenvalue weighted by Gasteiger charge is 2.32. The number of carbonyl (C=O) groups excluding carboxylic acids is 2. The van der Waals surface area contributed by atoms with Crippen LogP contribution in [0.5, 0.6) is 0 Å². The Labute approximate surface area is 180 Å². The standard InChI is InChI=1S/C21H25F2N3O4S/c1-4-18(21(28)24-2)25(13-15-9-11-16(22)12-10-15)20(27)14-26(31(3,29)30)19-8-6-5-7-17(19)23/h5-12,18H,4,13-14H2,1-3H3,(H,24,28)/t18-/m0/s1. The zero-order chi connectivity index (χ0) is 23.2. The largest absolute Gasteiger partial charge is 0.357 e. The molecule has 2 rings (SSSR count). The Hall–Kier alpha value is -3.01. The number of halogens is 2. The van der Waals surface area contributed by atoms with Gasteiger partial charge >= 0.3 is 0 Å². The molecule has 1 atom stereocenters. The van der Waals surface area contributed by atoms with Crippen molar-refractivity contribution in [3.05, 3.63) is 65.7 Å². The van der Waals surface area contributed by atoms with Gasteiger partial charge in [-0.05, 0) is 36.2 Å². The second-order valence-corrected chi connectivity index (χ2v) is 8.81. The monoisotopic (exact) mass is 453 g/mol. The number of nitrogens with zero attached hydrogens (tertiary/aromatic N) is 2. The minimum Gasteiger partial charge on any atom is -0.357 e. The molecule has 0 unspecified atom stereocenters. The molecule has 168 valence electrons. The number of para-hydroxylation sites is 1. The Morgan fingerprint density at radius 3 is 2.19 bits per heavy atom. The van der Waals surface area contributed by atoms with E-state index >= 15 is 0 Å². The first-order valence-corrected chi connectivity index (χ1v) is 11.4. The van der Waals surface area contributed by atoms with E-state index in [0.717, 1.165) is 12.3 Å². The highest BCUT2D eigenvalue weighted by atomic mass is 32.2. The van der Waals surface area contributed by atoms with Crippen LogP contribution in [0.3, 0.4) is 0 Å². The molecule has 0 aliphatic carbocycles. The number of nitrogens with one attached hydrogen (secondary N) is 1. The lowest BCUT2D eigenvalue weighted by Crippen LogP contribution is -2.51. The molecule has 1 N–H and O–H groups in total. The van der Waals surface area contributed by atoms with Gasteiger partial charge < -0.3 is 10.2 Å². The zero-order valence-electron chi connectivity index (χ0n) is 17.5. The molecule has 2 aromatic rings. The Kier molecular flexibility index (Phi) is 8.09. The lowest BCUT2D eigenvalue weighted by Gasteiger charge is -2.32. The molecule has 2 amide bonds. The molecule has 0 spiro atoms. The van der Waals surface area contributed by atoms with Crippen molar-refractivity contribution in [3.63, 3.8) is 0 Å². The summed E-state index contributed by atoms with van der Waals surface area (Å²) in [6.07, 6.45) is 1.12. The fraction of sp³-hybridized carbons (Fsp3) is 0.333. The minimum atomic E-state index is -4.01. The van der Waals surface area contributed by atoms with Crippen molar-refractivity contribution in [1.82, 2.24) is 10.2 Å². The second-order valence-electron chi connectivity index (χ2n) is 6.91.